The van der Waals surface area contributed by atoms with Crippen molar-refractivity contribution in [2.24, 2.45) is 5.92 Å². The zero-order valence-corrected chi connectivity index (χ0v) is 14.5. The number of aliphatic hydroxyl groups excluding tert-OH is 1. The third kappa shape index (κ3) is 5.94. The summed E-state index contributed by atoms with van der Waals surface area (Å²) in [5.41, 5.74) is 0. The molecule has 3 unspecified atom stereocenters. The molecule has 0 aromatic heterocycles. The molecule has 2 rings (SSSR count). The number of likely N-dealkylation sites (N-methyl/N-ethyl adjacent to an activating group) is 1. The largest absolute Gasteiger partial charge is 0.389 e. The maximum absolute atomic E-state index is 13.4. The standard InChI is InChI=1S/C16H21F2N3O3S/c1-19-8-13(22)16(25-12-5-10(17)4-11(18)6-12)21-15(24)9-2-3-14(23)20-7-9/h4-6,9,13,16,19,22H,2-3,7-8H2,1H3,(H,20,23)(H,21,24). The van der Waals surface area contributed by atoms with E-state index in [1.165, 1.54) is 0 Å². The number of thioether (sulfide) groups is 1. The number of hydrogen-bond donors (Lipinski definition) is 4. The molecule has 4 N–H and O–H groups in total. The van der Waals surface area contributed by atoms with Crippen molar-refractivity contribution < 1.29 is 23.5 Å². The van der Waals surface area contributed by atoms with Crippen molar-refractivity contribution in [3.63, 3.8) is 0 Å². The van der Waals surface area contributed by atoms with Gasteiger partial charge in [0.25, 0.3) is 0 Å². The van der Waals surface area contributed by atoms with Gasteiger partial charge in [0.2, 0.25) is 11.8 Å². The monoisotopic (exact) mass is 373 g/mol. The lowest BCUT2D eigenvalue weighted by Gasteiger charge is -2.27. The molecule has 1 aromatic carbocycles. The highest BCUT2D eigenvalue weighted by Crippen LogP contribution is 2.26. The molecule has 138 valence electrons. The predicted octanol–water partition coefficient (Wildman–Crippen LogP) is 0.606. The molecule has 3 atom stereocenters. The molecule has 0 radical (unpaired) electrons. The van der Waals surface area contributed by atoms with E-state index in [9.17, 15) is 23.5 Å². The molecule has 0 saturated carbocycles. The van der Waals surface area contributed by atoms with E-state index in [1.807, 2.05) is 0 Å². The fourth-order valence-electron chi connectivity index (χ4n) is 2.48. The first kappa shape index (κ1) is 19.6. The third-order valence-corrected chi connectivity index (χ3v) is 4.98. The third-order valence-electron chi connectivity index (χ3n) is 3.78. The molecule has 1 aliphatic heterocycles. The summed E-state index contributed by atoms with van der Waals surface area (Å²) in [6, 6.07) is 3.03. The quantitative estimate of drug-likeness (QED) is 0.415. The maximum Gasteiger partial charge on any atom is 0.225 e. The Balaban J connectivity index is 2.07. The van der Waals surface area contributed by atoms with E-state index in [1.54, 1.807) is 7.05 Å². The van der Waals surface area contributed by atoms with Gasteiger partial charge in [0.1, 0.15) is 17.0 Å². The molecule has 2 amide bonds. The highest BCUT2D eigenvalue weighted by atomic mass is 32.2. The molecule has 1 heterocycles. The van der Waals surface area contributed by atoms with E-state index in [-0.39, 0.29) is 36.2 Å². The molecule has 0 aliphatic carbocycles. The van der Waals surface area contributed by atoms with Crippen LogP contribution in [0.5, 0.6) is 0 Å². The van der Waals surface area contributed by atoms with E-state index >= 15 is 0 Å². The second kappa shape index (κ2) is 9.12. The first-order valence-electron chi connectivity index (χ1n) is 7.91. The first-order valence-corrected chi connectivity index (χ1v) is 8.79. The molecular weight excluding hydrogens is 352 g/mol. The average molecular weight is 373 g/mol. The lowest BCUT2D eigenvalue weighted by Crippen LogP contribution is -2.50. The van der Waals surface area contributed by atoms with Gasteiger partial charge in [-0.3, -0.25) is 9.59 Å². The van der Waals surface area contributed by atoms with Gasteiger partial charge >= 0.3 is 0 Å². The fourth-order valence-corrected chi connectivity index (χ4v) is 3.56. The van der Waals surface area contributed by atoms with Gasteiger partial charge in [-0.25, -0.2) is 8.78 Å². The summed E-state index contributed by atoms with van der Waals surface area (Å²) in [6.45, 7) is 0.427. The van der Waals surface area contributed by atoms with Gasteiger partial charge in [-0.1, -0.05) is 11.8 Å². The number of carbonyl (C=O) groups is 2. The van der Waals surface area contributed by atoms with Crippen molar-refractivity contribution in [2.75, 3.05) is 20.1 Å². The van der Waals surface area contributed by atoms with Crippen molar-refractivity contribution >= 4 is 23.6 Å². The van der Waals surface area contributed by atoms with Crippen molar-refractivity contribution in [3.8, 4) is 0 Å². The van der Waals surface area contributed by atoms with Crippen molar-refractivity contribution in [1.29, 1.82) is 0 Å². The molecule has 1 aliphatic rings. The molecule has 9 heteroatoms. The Morgan fingerprint density at radius 1 is 1.40 bits per heavy atom. The highest BCUT2D eigenvalue weighted by Gasteiger charge is 2.29. The second-order valence-electron chi connectivity index (χ2n) is 5.82. The van der Waals surface area contributed by atoms with Gasteiger partial charge in [0, 0.05) is 30.5 Å². The van der Waals surface area contributed by atoms with Crippen LogP contribution in [-0.2, 0) is 9.59 Å². The second-order valence-corrected chi connectivity index (χ2v) is 7.03. The lowest BCUT2D eigenvalue weighted by molar-refractivity contribution is -0.129. The van der Waals surface area contributed by atoms with Crippen molar-refractivity contribution in [3.05, 3.63) is 29.8 Å². The molecule has 25 heavy (non-hydrogen) atoms. The molecule has 1 fully saturated rings. The zero-order chi connectivity index (χ0) is 18.4. The summed E-state index contributed by atoms with van der Waals surface area (Å²) >= 11 is 0.969. The van der Waals surface area contributed by atoms with Crippen molar-refractivity contribution in [2.45, 2.75) is 29.2 Å². The van der Waals surface area contributed by atoms with E-state index < -0.39 is 29.0 Å². The summed E-state index contributed by atoms with van der Waals surface area (Å²) in [5, 5.41) is 17.6. The number of hydrogen-bond acceptors (Lipinski definition) is 5. The summed E-state index contributed by atoms with van der Waals surface area (Å²) in [5.74, 6) is -2.27. The number of carbonyl (C=O) groups excluding carboxylic acids is 2. The SMILES string of the molecule is CNCC(O)C(NC(=O)C1CCC(=O)NC1)Sc1cc(F)cc(F)c1. The smallest absolute Gasteiger partial charge is 0.225 e. The van der Waals surface area contributed by atoms with E-state index in [4.69, 9.17) is 0 Å². The van der Waals surface area contributed by atoms with Crippen LogP contribution in [0.3, 0.4) is 0 Å². The number of aliphatic hydroxyl groups is 1. The van der Waals surface area contributed by atoms with E-state index in [2.05, 4.69) is 16.0 Å². The average Bonchev–Trinajstić information content (AvgIpc) is 2.54. The van der Waals surface area contributed by atoms with Gasteiger partial charge in [-0.2, -0.15) is 0 Å². The Kier molecular flexibility index (Phi) is 7.15. The molecule has 1 saturated heterocycles. The lowest BCUT2D eigenvalue weighted by atomic mass is 9.98. The summed E-state index contributed by atoms with van der Waals surface area (Å²) in [4.78, 5) is 23.8. The van der Waals surface area contributed by atoms with Crippen LogP contribution < -0.4 is 16.0 Å². The van der Waals surface area contributed by atoms with E-state index in [0.29, 0.717) is 6.42 Å². The molecule has 6 nitrogen and oxygen atoms in total. The Morgan fingerprint density at radius 2 is 2.08 bits per heavy atom. The fraction of sp³-hybridized carbons (Fsp3) is 0.500. The van der Waals surface area contributed by atoms with Crippen LogP contribution in [-0.4, -0.2) is 48.5 Å². The number of benzene rings is 1. The van der Waals surface area contributed by atoms with Crippen LogP contribution in [0.1, 0.15) is 12.8 Å². The molecule has 1 aromatic rings. The van der Waals surface area contributed by atoms with E-state index in [0.717, 1.165) is 30.0 Å². The van der Waals surface area contributed by atoms with Crippen LogP contribution in [0.4, 0.5) is 8.78 Å². The zero-order valence-electron chi connectivity index (χ0n) is 13.7. The number of amides is 2. The summed E-state index contributed by atoms with van der Waals surface area (Å²) in [6.07, 6.45) is -0.279. The van der Waals surface area contributed by atoms with Gasteiger partial charge in [0.15, 0.2) is 0 Å². The number of rotatable bonds is 7. The van der Waals surface area contributed by atoms with Gasteiger partial charge in [-0.05, 0) is 25.6 Å². The first-order chi connectivity index (χ1) is 11.9. The topological polar surface area (TPSA) is 90.5 Å². The van der Waals surface area contributed by atoms with Crippen LogP contribution in [0.25, 0.3) is 0 Å². The maximum atomic E-state index is 13.4. The van der Waals surface area contributed by atoms with Gasteiger partial charge < -0.3 is 21.1 Å². The van der Waals surface area contributed by atoms with Crippen LogP contribution in [0.15, 0.2) is 23.1 Å². The Bertz CT molecular complexity index is 602. The molecular formula is C16H21F2N3O3S. The summed E-state index contributed by atoms with van der Waals surface area (Å²) in [7, 11) is 1.64. The Labute approximate surface area is 148 Å². The van der Waals surface area contributed by atoms with Crippen LogP contribution in [0, 0.1) is 17.6 Å². The van der Waals surface area contributed by atoms with Gasteiger partial charge in [-0.15, -0.1) is 0 Å². The number of nitrogens with one attached hydrogen (secondary N) is 3. The van der Waals surface area contributed by atoms with Crippen molar-refractivity contribution in [1.82, 2.24) is 16.0 Å². The van der Waals surface area contributed by atoms with Crippen LogP contribution >= 0.6 is 11.8 Å². The minimum atomic E-state index is -0.969. The van der Waals surface area contributed by atoms with Crippen LogP contribution in [0.2, 0.25) is 0 Å². The van der Waals surface area contributed by atoms with Gasteiger partial charge in [0.05, 0.1) is 12.0 Å². The highest BCUT2D eigenvalue weighted by molar-refractivity contribution is 8.00. The number of piperidine rings is 1. The summed E-state index contributed by atoms with van der Waals surface area (Å²) < 4.78 is 26.7. The normalized spacial score (nSPS) is 19.8. The predicted molar refractivity (Wildman–Crippen MR) is 89.8 cm³/mol. The number of halogens is 2. The minimum Gasteiger partial charge on any atom is -0.389 e. The minimum absolute atomic E-state index is 0.0968. The molecule has 0 bridgehead atoms. The Hall–Kier alpha value is -1.71. The Morgan fingerprint density at radius 3 is 2.64 bits per heavy atom. The molecule has 0 spiro atoms.